The van der Waals surface area contributed by atoms with Crippen molar-refractivity contribution in [2.75, 3.05) is 0 Å². The first-order valence-electron chi connectivity index (χ1n) is 3.06. The molecule has 0 N–H and O–H groups in total. The van der Waals surface area contributed by atoms with Crippen LogP contribution in [-0.4, -0.2) is 0 Å². The van der Waals surface area contributed by atoms with Gasteiger partial charge in [0.25, 0.3) is 0 Å². The zero-order valence-electron chi connectivity index (χ0n) is 8.19. The minimum Gasteiger partial charge on any atom is -0.346 e. The minimum absolute atomic E-state index is 1.75. The molecule has 12 heavy (non-hydrogen) atoms. The van der Waals surface area contributed by atoms with Gasteiger partial charge < -0.3 is 27.7 Å². The topological polar surface area (TPSA) is 0 Å². The summed E-state index contributed by atoms with van der Waals surface area (Å²) in [4.78, 5) is 0. The average Bonchev–Trinajstić information content (AvgIpc) is 2.33. The Morgan fingerprint density at radius 1 is 0.500 bits per heavy atom. The largest absolute Gasteiger partial charge is 0.346 e. The fourth-order valence-electron chi connectivity index (χ4n) is 0. The normalized spacial score (nSPS) is 3.17. The molecule has 4 heteroatoms. The van der Waals surface area contributed by atoms with Crippen molar-refractivity contribution in [3.05, 3.63) is 27.7 Å². The molecule has 0 fully saturated rings. The van der Waals surface area contributed by atoms with Crippen molar-refractivity contribution in [3.63, 3.8) is 0 Å². The van der Waals surface area contributed by atoms with Crippen LogP contribution >= 0.6 is 26.0 Å². The van der Waals surface area contributed by atoms with E-state index in [1.165, 1.54) is 0 Å². The molecule has 0 aliphatic carbocycles. The summed E-state index contributed by atoms with van der Waals surface area (Å²) < 4.78 is 0. The summed E-state index contributed by atoms with van der Waals surface area (Å²) >= 11 is 9.94. The van der Waals surface area contributed by atoms with Crippen molar-refractivity contribution in [2.45, 2.75) is 27.7 Å². The molecule has 92 valence electrons. The quantitative estimate of drug-likeness (QED) is 0.251. The van der Waals surface area contributed by atoms with Crippen molar-refractivity contribution in [1.29, 1.82) is 0 Å². The van der Waals surface area contributed by atoms with E-state index in [0.29, 0.717) is 0 Å². The van der Waals surface area contributed by atoms with Crippen molar-refractivity contribution in [2.24, 2.45) is 0 Å². The van der Waals surface area contributed by atoms with Crippen molar-refractivity contribution < 1.29 is 37.9 Å². The van der Waals surface area contributed by atoms with Gasteiger partial charge in [-0.2, -0.15) is 27.7 Å². The first kappa shape index (κ1) is 36.6. The Hall–Kier alpha value is 2.44. The van der Waals surface area contributed by atoms with E-state index in [0.717, 1.165) is 0 Å². The molecule has 0 aromatic heterocycles. The van der Waals surface area contributed by atoms with E-state index in [9.17, 15) is 0 Å². The molecule has 0 atom stereocenters. The Balaban J connectivity index is -0.00000000900. The van der Waals surface area contributed by atoms with Gasteiger partial charge in [-0.3, -0.25) is 0 Å². The Morgan fingerprint density at radius 3 is 0.500 bits per heavy atom. The summed E-state index contributed by atoms with van der Waals surface area (Å²) in [5.41, 5.74) is 0. The summed E-state index contributed by atoms with van der Waals surface area (Å²) in [6, 6.07) is 0. The van der Waals surface area contributed by atoms with Crippen LogP contribution in [0.1, 0.15) is 27.7 Å². The van der Waals surface area contributed by atoms with E-state index in [1.807, 2.05) is 0 Å². The van der Waals surface area contributed by atoms with E-state index >= 15 is 0 Å². The van der Waals surface area contributed by atoms with Crippen molar-refractivity contribution in [3.8, 4) is 0 Å². The van der Waals surface area contributed by atoms with Gasteiger partial charge >= 0.3 is 63.9 Å². The molecule has 0 spiro atoms. The second kappa shape index (κ2) is 349. The van der Waals surface area contributed by atoms with Crippen molar-refractivity contribution in [1.82, 2.24) is 0 Å². The summed E-state index contributed by atoms with van der Waals surface area (Å²) in [5, 5.41) is 0. The SMILES string of the molecule is [Br][Au].[Br][Au].[CH2-]C.[CH2-]C.[CH2-]C.[CH2-]C. The minimum atomic E-state index is 1.75. The van der Waals surface area contributed by atoms with E-state index in [-0.39, 0.29) is 0 Å². The Morgan fingerprint density at radius 2 is 0.500 bits per heavy atom. The molecule has 0 radical (unpaired) electrons. The number of hydrogen-bond donors (Lipinski definition) is 0. The molecular weight excluding hydrogens is 650 g/mol. The van der Waals surface area contributed by atoms with E-state index < -0.39 is 0 Å². The maximum atomic E-state index is 3.25. The standard InChI is InChI=1S/4C2H5.2Au.2BrH/c4*1-2;;;;/h4*1H2,2H3;;;2*1H/q4*-1;2*+1;;/p-2. The van der Waals surface area contributed by atoms with Gasteiger partial charge in [-0.05, 0) is 0 Å². The molecule has 0 rings (SSSR count). The summed E-state index contributed by atoms with van der Waals surface area (Å²) in [5.74, 6) is 0. The van der Waals surface area contributed by atoms with Crippen LogP contribution in [-0.2, 0) is 37.9 Å². The maximum absolute atomic E-state index is 3.25. The van der Waals surface area contributed by atoms with Crippen molar-refractivity contribution >= 4 is 26.0 Å². The predicted molar refractivity (Wildman–Crippen MR) is 62.0 cm³/mol. The molecule has 0 aromatic rings. The molecule has 0 amide bonds. The summed E-state index contributed by atoms with van der Waals surface area (Å²) in [7, 11) is 0. The van der Waals surface area contributed by atoms with Crippen LogP contribution in [0.4, 0.5) is 0 Å². The fourth-order valence-corrected chi connectivity index (χ4v) is 0. The van der Waals surface area contributed by atoms with Crippen LogP contribution in [0.3, 0.4) is 0 Å². The molecule has 0 aromatic carbocycles. The van der Waals surface area contributed by atoms with Crippen LogP contribution in [0, 0.1) is 27.7 Å². The van der Waals surface area contributed by atoms with Gasteiger partial charge in [-0.15, -0.1) is 0 Å². The van der Waals surface area contributed by atoms with Gasteiger partial charge in [0.2, 0.25) is 0 Å². The van der Waals surface area contributed by atoms with Gasteiger partial charge in [0.05, 0.1) is 0 Å². The number of halogens is 2. The Labute approximate surface area is 118 Å². The molecule has 0 saturated heterocycles. The molecule has 0 nitrogen and oxygen atoms in total. The monoisotopic (exact) mass is 668 g/mol. The van der Waals surface area contributed by atoms with Crippen LogP contribution in [0.2, 0.25) is 0 Å². The van der Waals surface area contributed by atoms with Gasteiger partial charge in [0, 0.05) is 0 Å². The molecule has 0 aliphatic rings. The number of hydrogen-bond acceptors (Lipinski definition) is 0. The molecule has 0 aliphatic heterocycles. The molecular formula is C8H20Au2Br2-4. The summed E-state index contributed by atoms with van der Waals surface area (Å²) in [6.07, 6.45) is 0. The molecule has 0 heterocycles. The first-order valence-corrected chi connectivity index (χ1v) is 12.5. The van der Waals surface area contributed by atoms with E-state index in [4.69, 9.17) is 0 Å². The zero-order valence-corrected chi connectivity index (χ0v) is 15.7. The van der Waals surface area contributed by atoms with E-state index in [2.05, 4.69) is 91.6 Å². The molecule has 0 saturated carbocycles. The third-order valence-electron chi connectivity index (χ3n) is 0. The molecule has 0 bridgehead atoms. The fraction of sp³-hybridized carbons (Fsp3) is 0.500. The smallest absolute Gasteiger partial charge is 0.194 e. The second-order valence-electron chi connectivity index (χ2n) is 0. The van der Waals surface area contributed by atoms with Crippen LogP contribution < -0.4 is 0 Å². The van der Waals surface area contributed by atoms with E-state index in [1.54, 1.807) is 27.7 Å². The van der Waals surface area contributed by atoms with Crippen LogP contribution in [0.15, 0.2) is 0 Å². The maximum Gasteiger partial charge on any atom is -0.194 e. The third-order valence-corrected chi connectivity index (χ3v) is 0. The van der Waals surface area contributed by atoms with Crippen LogP contribution in [0.25, 0.3) is 0 Å². The zero-order chi connectivity index (χ0) is 12.0. The van der Waals surface area contributed by atoms with Gasteiger partial charge in [0.15, 0.2) is 0 Å². The first-order chi connectivity index (χ1) is 6.00. The second-order valence-corrected chi connectivity index (χ2v) is 0. The number of rotatable bonds is 0. The van der Waals surface area contributed by atoms with Gasteiger partial charge in [-0.25, -0.2) is 0 Å². The third kappa shape index (κ3) is 273. The van der Waals surface area contributed by atoms with Gasteiger partial charge in [-0.1, -0.05) is 0 Å². The predicted octanol–water partition coefficient (Wildman–Crippen LogP) is 5.05. The summed E-state index contributed by atoms with van der Waals surface area (Å²) in [6.45, 7) is 20.0. The Kier molecular flexibility index (Phi) is 1070. The average molecular weight is 670 g/mol. The Bertz CT molecular complexity index is 15.0. The van der Waals surface area contributed by atoms with Gasteiger partial charge in [0.1, 0.15) is 0 Å². The van der Waals surface area contributed by atoms with Crippen LogP contribution in [0.5, 0.6) is 0 Å². The molecule has 0 unspecified atom stereocenters.